The Bertz CT molecular complexity index is 196. The van der Waals surface area contributed by atoms with Gasteiger partial charge in [0.05, 0.1) is 0 Å². The van der Waals surface area contributed by atoms with Gasteiger partial charge in [0.2, 0.25) is 5.91 Å². The van der Waals surface area contributed by atoms with E-state index in [0.717, 1.165) is 38.9 Å². The summed E-state index contributed by atoms with van der Waals surface area (Å²) in [4.78, 5) is 13.8. The average Bonchev–Trinajstić information content (AvgIpc) is 2.99. The Labute approximate surface area is 134 Å². The molecular weight excluding hydrogens is 260 g/mol. The van der Waals surface area contributed by atoms with Crippen LogP contribution in [0.4, 0.5) is 0 Å². The van der Waals surface area contributed by atoms with Crippen molar-refractivity contribution < 1.29 is 4.79 Å². The quantitative estimate of drug-likeness (QED) is 0.720. The number of nitrogens with zero attached hydrogens (tertiary/aromatic N) is 1. The van der Waals surface area contributed by atoms with Crippen LogP contribution in [0.5, 0.6) is 0 Å². The summed E-state index contributed by atoms with van der Waals surface area (Å²) in [6.07, 6.45) is 5.32. The second-order valence-electron chi connectivity index (χ2n) is 4.65. The normalized spacial score (nSPS) is 15.8. The minimum atomic E-state index is 0.365. The van der Waals surface area contributed by atoms with Crippen LogP contribution in [-0.4, -0.2) is 37.5 Å². The van der Waals surface area contributed by atoms with Crippen molar-refractivity contribution in [3.05, 3.63) is 0 Å². The Hall–Kier alpha value is -0.570. The number of hydrogen-bond donors (Lipinski definition) is 1. The molecule has 130 valence electrons. The lowest BCUT2D eigenvalue weighted by Crippen LogP contribution is -2.28. The molecule has 0 radical (unpaired) electrons. The summed E-state index contributed by atoms with van der Waals surface area (Å²) >= 11 is 0. The van der Waals surface area contributed by atoms with Crippen LogP contribution in [0.3, 0.4) is 0 Å². The number of unbranched alkanes of at least 4 members (excludes halogenated alkanes) is 2. The first-order valence-electron chi connectivity index (χ1n) is 9.16. The van der Waals surface area contributed by atoms with Crippen LogP contribution in [0.2, 0.25) is 0 Å². The molecule has 0 aliphatic carbocycles. The second-order valence-corrected chi connectivity index (χ2v) is 4.65. The highest BCUT2D eigenvalue weighted by Crippen LogP contribution is 2.16. The molecule has 0 aromatic carbocycles. The molecule has 0 aromatic rings. The number of rotatable bonds is 6. The molecule has 21 heavy (non-hydrogen) atoms. The van der Waals surface area contributed by atoms with E-state index < -0.39 is 0 Å². The monoisotopic (exact) mass is 302 g/mol. The Balaban J connectivity index is -0.000000478. The largest absolute Gasteiger partial charge is 0.342 e. The molecule has 1 N–H and O–H groups in total. The molecule has 3 nitrogen and oxygen atoms in total. The van der Waals surface area contributed by atoms with Crippen LogP contribution in [0, 0.1) is 5.92 Å². The average molecular weight is 303 g/mol. The van der Waals surface area contributed by atoms with E-state index in [1.54, 1.807) is 0 Å². The number of carbonyl (C=O) groups excluding carboxylic acids is 1. The highest BCUT2D eigenvalue weighted by atomic mass is 16.2. The van der Waals surface area contributed by atoms with Gasteiger partial charge in [-0.1, -0.05) is 54.9 Å². The van der Waals surface area contributed by atoms with Gasteiger partial charge in [-0.25, -0.2) is 0 Å². The molecule has 0 bridgehead atoms. The zero-order valence-electron chi connectivity index (χ0n) is 16.1. The molecule has 1 amide bonds. The lowest BCUT2D eigenvalue weighted by molar-refractivity contribution is -0.130. The Morgan fingerprint density at radius 3 is 2.05 bits per heavy atom. The lowest BCUT2D eigenvalue weighted by atomic mass is 10.1. The molecule has 0 aromatic heterocycles. The molecule has 1 heterocycles. The minimum Gasteiger partial charge on any atom is -0.342 e. The number of likely N-dealkylation sites (tertiary alicyclic amines) is 1. The minimum absolute atomic E-state index is 0.365. The fraction of sp³-hybridized carbons (Fsp3) is 0.944. The van der Waals surface area contributed by atoms with Gasteiger partial charge in [0.25, 0.3) is 0 Å². The van der Waals surface area contributed by atoms with Crippen LogP contribution in [0.15, 0.2) is 0 Å². The van der Waals surface area contributed by atoms with Gasteiger partial charge in [-0.15, -0.1) is 0 Å². The smallest absolute Gasteiger partial charge is 0.222 e. The first-order valence-corrected chi connectivity index (χ1v) is 9.16. The summed E-state index contributed by atoms with van der Waals surface area (Å²) in [7, 11) is 1.97. The first kappa shape index (κ1) is 25.4. The van der Waals surface area contributed by atoms with Gasteiger partial charge in [-0.05, 0) is 38.8 Å². The lowest BCUT2D eigenvalue weighted by Gasteiger charge is -2.15. The maximum absolute atomic E-state index is 11.7. The molecular formula is C18H42N2O. The molecule has 3 heteroatoms. The third-order valence-electron chi connectivity index (χ3n) is 3.09. The highest BCUT2D eigenvalue weighted by molar-refractivity contribution is 5.76. The summed E-state index contributed by atoms with van der Waals surface area (Å²) < 4.78 is 0. The predicted octanol–water partition coefficient (Wildman–Crippen LogP) is 4.71. The van der Waals surface area contributed by atoms with Crippen molar-refractivity contribution in [3.63, 3.8) is 0 Å². The Morgan fingerprint density at radius 2 is 1.62 bits per heavy atom. The molecule has 0 saturated carbocycles. The summed E-state index contributed by atoms with van der Waals surface area (Å²) in [5, 5.41) is 3.12. The van der Waals surface area contributed by atoms with E-state index in [4.69, 9.17) is 0 Å². The molecule has 1 fully saturated rings. The van der Waals surface area contributed by atoms with Crippen molar-refractivity contribution in [2.75, 3.05) is 26.7 Å². The van der Waals surface area contributed by atoms with Gasteiger partial charge in [0.15, 0.2) is 0 Å². The topological polar surface area (TPSA) is 32.3 Å². The highest BCUT2D eigenvalue weighted by Gasteiger charge is 2.22. The third kappa shape index (κ3) is 15.6. The van der Waals surface area contributed by atoms with Crippen molar-refractivity contribution in [1.29, 1.82) is 0 Å². The SMILES string of the molecule is CC.CC.CC.CNCCCCCC(=O)N1CC[C@@H](C)C1. The number of amides is 1. The van der Waals surface area contributed by atoms with Gasteiger partial charge in [-0.3, -0.25) is 4.79 Å². The number of carbonyl (C=O) groups is 1. The van der Waals surface area contributed by atoms with Crippen LogP contribution >= 0.6 is 0 Å². The first-order chi connectivity index (χ1) is 10.2. The van der Waals surface area contributed by atoms with Crippen molar-refractivity contribution in [2.45, 2.75) is 80.6 Å². The van der Waals surface area contributed by atoms with Gasteiger partial charge in [0, 0.05) is 19.5 Å². The number of hydrogen-bond acceptors (Lipinski definition) is 2. The molecule has 1 saturated heterocycles. The van der Waals surface area contributed by atoms with E-state index in [1.807, 2.05) is 53.5 Å². The van der Waals surface area contributed by atoms with Crippen molar-refractivity contribution >= 4 is 5.91 Å². The van der Waals surface area contributed by atoms with Gasteiger partial charge in [-0.2, -0.15) is 0 Å². The second kappa shape index (κ2) is 21.7. The predicted molar refractivity (Wildman–Crippen MR) is 96.8 cm³/mol. The van der Waals surface area contributed by atoms with Crippen LogP contribution in [0.25, 0.3) is 0 Å². The summed E-state index contributed by atoms with van der Waals surface area (Å²) in [5.41, 5.74) is 0. The standard InChI is InChI=1S/C12H24N2O.3C2H6/c1-11-7-9-14(10-11)12(15)6-4-3-5-8-13-2;3*1-2/h11,13H,3-10H2,1-2H3;3*1-2H3/t11-;;;/m1.../s1. The summed E-state index contributed by atoms with van der Waals surface area (Å²) in [5.74, 6) is 1.07. The number of nitrogens with one attached hydrogen (secondary N) is 1. The molecule has 0 unspecified atom stereocenters. The van der Waals surface area contributed by atoms with E-state index in [1.165, 1.54) is 12.8 Å². The fourth-order valence-electron chi connectivity index (χ4n) is 2.07. The van der Waals surface area contributed by atoms with E-state index in [2.05, 4.69) is 12.2 Å². The van der Waals surface area contributed by atoms with Crippen molar-refractivity contribution in [2.24, 2.45) is 5.92 Å². The summed E-state index contributed by atoms with van der Waals surface area (Å²) in [6, 6.07) is 0. The zero-order valence-corrected chi connectivity index (χ0v) is 16.1. The van der Waals surface area contributed by atoms with Crippen molar-refractivity contribution in [3.8, 4) is 0 Å². The van der Waals surface area contributed by atoms with Gasteiger partial charge >= 0.3 is 0 Å². The third-order valence-corrected chi connectivity index (χ3v) is 3.09. The Morgan fingerprint density at radius 1 is 1.05 bits per heavy atom. The van der Waals surface area contributed by atoms with Crippen LogP contribution in [0.1, 0.15) is 80.6 Å². The van der Waals surface area contributed by atoms with Crippen LogP contribution in [-0.2, 0) is 4.79 Å². The molecule has 0 spiro atoms. The van der Waals surface area contributed by atoms with E-state index >= 15 is 0 Å². The Kier molecular flexibility index (Phi) is 26.3. The van der Waals surface area contributed by atoms with Gasteiger partial charge in [0.1, 0.15) is 0 Å². The van der Waals surface area contributed by atoms with Crippen molar-refractivity contribution in [1.82, 2.24) is 10.2 Å². The maximum Gasteiger partial charge on any atom is 0.222 e. The zero-order chi connectivity index (χ0) is 17.1. The maximum atomic E-state index is 11.7. The molecule has 1 aliphatic heterocycles. The summed E-state index contributed by atoms with van der Waals surface area (Å²) in [6.45, 7) is 17.3. The van der Waals surface area contributed by atoms with Gasteiger partial charge < -0.3 is 10.2 Å². The molecule has 1 atom stereocenters. The van der Waals surface area contributed by atoms with E-state index in [0.29, 0.717) is 11.8 Å². The van der Waals surface area contributed by atoms with E-state index in [-0.39, 0.29) is 0 Å². The van der Waals surface area contributed by atoms with E-state index in [9.17, 15) is 4.79 Å². The molecule has 1 rings (SSSR count). The fourth-order valence-corrected chi connectivity index (χ4v) is 2.07. The van der Waals surface area contributed by atoms with Crippen LogP contribution < -0.4 is 5.32 Å². The molecule has 1 aliphatic rings.